The van der Waals surface area contributed by atoms with E-state index < -0.39 is 5.97 Å². The molecule has 0 atom stereocenters. The predicted molar refractivity (Wildman–Crippen MR) is 70.9 cm³/mol. The van der Waals surface area contributed by atoms with Crippen LogP contribution in [0.5, 0.6) is 0 Å². The van der Waals surface area contributed by atoms with Crippen LogP contribution in [0.3, 0.4) is 0 Å². The fraction of sp³-hybridized carbons (Fsp3) is 0.385. The van der Waals surface area contributed by atoms with Gasteiger partial charge in [-0.05, 0) is 32.0 Å². The first-order chi connectivity index (χ1) is 8.43. The fourth-order valence-corrected chi connectivity index (χ4v) is 1.43. The van der Waals surface area contributed by atoms with Gasteiger partial charge in [-0.2, -0.15) is 0 Å². The van der Waals surface area contributed by atoms with E-state index in [1.54, 1.807) is 32.9 Å². The third kappa shape index (κ3) is 4.04. The summed E-state index contributed by atoms with van der Waals surface area (Å²) in [6.07, 6.45) is 0.152. The van der Waals surface area contributed by atoms with Crippen LogP contribution in [0.2, 0.25) is 5.02 Å². The van der Waals surface area contributed by atoms with E-state index in [9.17, 15) is 9.59 Å². The quantitative estimate of drug-likeness (QED) is 0.854. The lowest BCUT2D eigenvalue weighted by Crippen LogP contribution is -2.13. The summed E-state index contributed by atoms with van der Waals surface area (Å²) in [7, 11) is 0. The highest BCUT2D eigenvalue weighted by atomic mass is 35.5. The highest BCUT2D eigenvalue weighted by Gasteiger charge is 2.12. The summed E-state index contributed by atoms with van der Waals surface area (Å²) in [5.74, 6) is -0.597. The van der Waals surface area contributed by atoms with Crippen molar-refractivity contribution < 1.29 is 14.3 Å². The molecule has 0 aromatic heterocycles. The Kier molecular flexibility index (Phi) is 5.16. The molecule has 0 fully saturated rings. The Morgan fingerprint density at radius 3 is 2.61 bits per heavy atom. The summed E-state index contributed by atoms with van der Waals surface area (Å²) >= 11 is 5.94. The molecule has 0 aliphatic rings. The number of rotatable bonds is 4. The lowest BCUT2D eigenvalue weighted by molar-refractivity contribution is -0.115. The normalized spacial score (nSPS) is 10.3. The first-order valence-electron chi connectivity index (χ1n) is 5.74. The maximum Gasteiger partial charge on any atom is 0.338 e. The Bertz CT molecular complexity index is 458. The van der Waals surface area contributed by atoms with Gasteiger partial charge in [0.2, 0.25) is 5.91 Å². The number of esters is 1. The molecule has 98 valence electrons. The van der Waals surface area contributed by atoms with Gasteiger partial charge in [-0.25, -0.2) is 4.79 Å². The van der Waals surface area contributed by atoms with E-state index in [1.165, 1.54) is 6.07 Å². The largest absolute Gasteiger partial charge is 0.459 e. The average molecular weight is 270 g/mol. The maximum atomic E-state index is 11.7. The number of carbonyl (C=O) groups excluding carboxylic acids is 2. The van der Waals surface area contributed by atoms with Crippen molar-refractivity contribution in [3.8, 4) is 0 Å². The minimum atomic E-state index is -0.436. The number of halogens is 1. The van der Waals surface area contributed by atoms with Crippen LogP contribution in [-0.2, 0) is 9.53 Å². The number of benzene rings is 1. The Labute approximate surface area is 111 Å². The van der Waals surface area contributed by atoms with E-state index in [-0.39, 0.29) is 12.0 Å². The van der Waals surface area contributed by atoms with Crippen LogP contribution in [0.15, 0.2) is 18.2 Å². The molecule has 18 heavy (non-hydrogen) atoms. The number of amides is 1. The highest BCUT2D eigenvalue weighted by molar-refractivity contribution is 6.33. The zero-order chi connectivity index (χ0) is 13.7. The van der Waals surface area contributed by atoms with Gasteiger partial charge in [0.1, 0.15) is 0 Å². The second kappa shape index (κ2) is 6.40. The van der Waals surface area contributed by atoms with Crippen LogP contribution >= 0.6 is 11.6 Å². The molecule has 4 nitrogen and oxygen atoms in total. The third-order valence-electron chi connectivity index (χ3n) is 2.14. The first kappa shape index (κ1) is 14.5. The lowest BCUT2D eigenvalue weighted by Gasteiger charge is -2.10. The van der Waals surface area contributed by atoms with Gasteiger partial charge in [-0.1, -0.05) is 18.5 Å². The second-order valence-electron chi connectivity index (χ2n) is 4.05. The molecule has 1 amide bonds. The van der Waals surface area contributed by atoms with Crippen LogP contribution < -0.4 is 5.32 Å². The minimum Gasteiger partial charge on any atom is -0.459 e. The first-order valence-corrected chi connectivity index (χ1v) is 6.12. The van der Waals surface area contributed by atoms with E-state index in [1.807, 2.05) is 0 Å². The summed E-state index contributed by atoms with van der Waals surface area (Å²) < 4.78 is 5.07. The number of anilines is 1. The summed E-state index contributed by atoms with van der Waals surface area (Å²) in [6, 6.07) is 4.64. The van der Waals surface area contributed by atoms with Crippen molar-refractivity contribution in [1.29, 1.82) is 0 Å². The Morgan fingerprint density at radius 2 is 2.06 bits per heavy atom. The molecule has 1 N–H and O–H groups in total. The molecule has 1 aromatic rings. The van der Waals surface area contributed by atoms with Crippen LogP contribution in [0.1, 0.15) is 37.6 Å². The Morgan fingerprint density at radius 1 is 1.39 bits per heavy atom. The van der Waals surface area contributed by atoms with Gasteiger partial charge in [0.15, 0.2) is 0 Å². The molecule has 0 saturated heterocycles. The highest BCUT2D eigenvalue weighted by Crippen LogP contribution is 2.23. The van der Waals surface area contributed by atoms with Gasteiger partial charge in [0.05, 0.1) is 22.4 Å². The predicted octanol–water partition coefficient (Wildman–Crippen LogP) is 3.25. The molecule has 0 radical (unpaired) electrons. The summed E-state index contributed by atoms with van der Waals surface area (Å²) in [4.78, 5) is 23.0. The van der Waals surface area contributed by atoms with Gasteiger partial charge in [-0.3, -0.25) is 4.79 Å². The Hall–Kier alpha value is -1.55. The zero-order valence-corrected chi connectivity index (χ0v) is 11.4. The van der Waals surface area contributed by atoms with Crippen molar-refractivity contribution in [2.24, 2.45) is 0 Å². The van der Waals surface area contributed by atoms with Gasteiger partial charge in [0.25, 0.3) is 0 Å². The number of carbonyl (C=O) groups is 2. The van der Waals surface area contributed by atoms with E-state index in [0.717, 1.165) is 0 Å². The van der Waals surface area contributed by atoms with E-state index in [0.29, 0.717) is 22.7 Å². The Balaban J connectivity index is 2.93. The zero-order valence-electron chi connectivity index (χ0n) is 10.6. The molecular formula is C13H16ClNO3. The minimum absolute atomic E-state index is 0.161. The topological polar surface area (TPSA) is 55.4 Å². The van der Waals surface area contributed by atoms with Crippen molar-refractivity contribution in [2.75, 3.05) is 5.32 Å². The molecule has 0 bridgehead atoms. The van der Waals surface area contributed by atoms with Crippen LogP contribution in [0, 0.1) is 0 Å². The van der Waals surface area contributed by atoms with Gasteiger partial charge < -0.3 is 10.1 Å². The molecule has 0 unspecified atom stereocenters. The van der Waals surface area contributed by atoms with Crippen molar-refractivity contribution in [3.63, 3.8) is 0 Å². The molecule has 1 aromatic carbocycles. The van der Waals surface area contributed by atoms with Gasteiger partial charge in [-0.15, -0.1) is 0 Å². The number of nitrogens with one attached hydrogen (secondary N) is 1. The number of hydrogen-bond acceptors (Lipinski definition) is 3. The molecule has 1 rings (SSSR count). The maximum absolute atomic E-state index is 11.7. The molecule has 0 heterocycles. The molecule has 0 aliphatic carbocycles. The summed E-state index contributed by atoms with van der Waals surface area (Å²) in [5, 5.41) is 3.02. The molecule has 0 spiro atoms. The monoisotopic (exact) mass is 269 g/mol. The van der Waals surface area contributed by atoms with Gasteiger partial charge in [0, 0.05) is 6.42 Å². The van der Waals surface area contributed by atoms with Crippen molar-refractivity contribution in [2.45, 2.75) is 33.3 Å². The fourth-order valence-electron chi connectivity index (χ4n) is 1.27. The molecule has 0 saturated carbocycles. The van der Waals surface area contributed by atoms with Crippen LogP contribution in [-0.4, -0.2) is 18.0 Å². The smallest absolute Gasteiger partial charge is 0.338 e. The number of hydrogen-bond donors (Lipinski definition) is 1. The summed E-state index contributed by atoms with van der Waals surface area (Å²) in [6.45, 7) is 5.28. The molecule has 0 aliphatic heterocycles. The van der Waals surface area contributed by atoms with Crippen LogP contribution in [0.4, 0.5) is 5.69 Å². The van der Waals surface area contributed by atoms with Crippen molar-refractivity contribution >= 4 is 29.2 Å². The van der Waals surface area contributed by atoms with Gasteiger partial charge >= 0.3 is 5.97 Å². The second-order valence-corrected chi connectivity index (χ2v) is 4.46. The molecular weight excluding hydrogens is 254 g/mol. The SMILES string of the molecule is CCC(=O)Nc1cc(C(=O)OC(C)C)ccc1Cl. The van der Waals surface area contributed by atoms with E-state index >= 15 is 0 Å². The standard InChI is InChI=1S/C13H16ClNO3/c1-4-12(16)15-11-7-9(5-6-10(11)14)13(17)18-8(2)3/h5-8H,4H2,1-3H3,(H,15,16). The average Bonchev–Trinajstić information content (AvgIpc) is 2.30. The molecule has 5 heteroatoms. The van der Waals surface area contributed by atoms with Crippen molar-refractivity contribution in [3.05, 3.63) is 28.8 Å². The van der Waals surface area contributed by atoms with Crippen molar-refractivity contribution in [1.82, 2.24) is 0 Å². The van der Waals surface area contributed by atoms with E-state index in [2.05, 4.69) is 5.32 Å². The number of ether oxygens (including phenoxy) is 1. The lowest BCUT2D eigenvalue weighted by atomic mass is 10.2. The summed E-state index contributed by atoms with van der Waals surface area (Å²) in [5.41, 5.74) is 0.779. The van der Waals surface area contributed by atoms with E-state index in [4.69, 9.17) is 16.3 Å². The third-order valence-corrected chi connectivity index (χ3v) is 2.47. The van der Waals surface area contributed by atoms with Crippen LogP contribution in [0.25, 0.3) is 0 Å².